The Morgan fingerprint density at radius 3 is 2.32 bits per heavy atom. The third-order valence-corrected chi connectivity index (χ3v) is 3.97. The molecule has 1 saturated heterocycles. The molecule has 2 N–H and O–H groups in total. The molecule has 0 radical (unpaired) electrons. The molecule has 0 aromatic heterocycles. The molecule has 1 aliphatic rings. The van der Waals surface area contributed by atoms with Gasteiger partial charge in [0, 0.05) is 18.6 Å². The lowest BCUT2D eigenvalue weighted by atomic mass is 9.87. The summed E-state index contributed by atoms with van der Waals surface area (Å²) in [5.41, 5.74) is 0.487. The number of likely N-dealkylation sites (tertiary alicyclic amines) is 1. The van der Waals surface area contributed by atoms with Crippen molar-refractivity contribution >= 4 is 6.03 Å². The van der Waals surface area contributed by atoms with Crippen molar-refractivity contribution in [2.24, 2.45) is 5.92 Å². The number of amides is 2. The first-order chi connectivity index (χ1) is 10.3. The number of aliphatic hydroxyl groups excluding tert-OH is 1. The summed E-state index contributed by atoms with van der Waals surface area (Å²) in [5.74, 6) is -0.200. The fraction of sp³-hybridized carbons (Fsp3) is 0.588. The van der Waals surface area contributed by atoms with Gasteiger partial charge in [-0.25, -0.2) is 9.18 Å². The summed E-state index contributed by atoms with van der Waals surface area (Å²) in [6.07, 6.45) is 0.889. The number of urea groups is 1. The average Bonchev–Trinajstić information content (AvgIpc) is 2.46. The standard InChI is InChI=1S/C17H25FN2O2/c1-17(2,3)19-16(22)20-10-8-13(9-11-20)15(21)12-4-6-14(18)7-5-12/h4-7,13,15,21H,8-11H2,1-3H3,(H,19,22). The van der Waals surface area contributed by atoms with E-state index in [1.165, 1.54) is 12.1 Å². The van der Waals surface area contributed by atoms with Crippen molar-refractivity contribution in [3.63, 3.8) is 0 Å². The van der Waals surface area contributed by atoms with Crippen LogP contribution in [0, 0.1) is 11.7 Å². The minimum atomic E-state index is -0.603. The molecule has 1 aromatic carbocycles. The molecule has 0 spiro atoms. The maximum absolute atomic E-state index is 12.9. The van der Waals surface area contributed by atoms with E-state index in [0.717, 1.165) is 18.4 Å². The zero-order valence-electron chi connectivity index (χ0n) is 13.5. The van der Waals surface area contributed by atoms with Crippen LogP contribution in [0.15, 0.2) is 24.3 Å². The first-order valence-corrected chi connectivity index (χ1v) is 7.77. The molecule has 4 nitrogen and oxygen atoms in total. The normalized spacial score (nSPS) is 18.1. The van der Waals surface area contributed by atoms with Crippen molar-refractivity contribution < 1.29 is 14.3 Å². The fourth-order valence-corrected chi connectivity index (χ4v) is 2.75. The van der Waals surface area contributed by atoms with Crippen molar-refractivity contribution in [1.82, 2.24) is 10.2 Å². The van der Waals surface area contributed by atoms with Gasteiger partial charge in [-0.15, -0.1) is 0 Å². The molecule has 1 aromatic rings. The topological polar surface area (TPSA) is 52.6 Å². The Kier molecular flexibility index (Phi) is 5.06. The van der Waals surface area contributed by atoms with Crippen molar-refractivity contribution in [3.05, 3.63) is 35.6 Å². The molecule has 0 bridgehead atoms. The summed E-state index contributed by atoms with van der Waals surface area (Å²) in [6.45, 7) is 7.12. The molecule has 2 rings (SSSR count). The fourth-order valence-electron chi connectivity index (χ4n) is 2.75. The number of nitrogens with one attached hydrogen (secondary N) is 1. The highest BCUT2D eigenvalue weighted by molar-refractivity contribution is 5.75. The molecule has 0 saturated carbocycles. The van der Waals surface area contributed by atoms with Crippen molar-refractivity contribution in [2.45, 2.75) is 45.3 Å². The van der Waals surface area contributed by atoms with Gasteiger partial charge in [-0.1, -0.05) is 12.1 Å². The van der Waals surface area contributed by atoms with Crippen LogP contribution >= 0.6 is 0 Å². The van der Waals surface area contributed by atoms with E-state index in [9.17, 15) is 14.3 Å². The molecule has 5 heteroatoms. The predicted molar refractivity (Wildman–Crippen MR) is 83.9 cm³/mol. The monoisotopic (exact) mass is 308 g/mol. The summed E-state index contributed by atoms with van der Waals surface area (Å²) in [4.78, 5) is 13.9. The van der Waals surface area contributed by atoms with Gasteiger partial charge in [-0.2, -0.15) is 0 Å². The molecule has 22 heavy (non-hydrogen) atoms. The molecule has 1 unspecified atom stereocenters. The van der Waals surface area contributed by atoms with Crippen LogP contribution in [-0.2, 0) is 0 Å². The molecule has 2 amide bonds. The van der Waals surface area contributed by atoms with Crippen LogP contribution in [-0.4, -0.2) is 34.7 Å². The molecule has 1 aliphatic heterocycles. The van der Waals surface area contributed by atoms with E-state index in [2.05, 4.69) is 5.32 Å². The first-order valence-electron chi connectivity index (χ1n) is 7.77. The highest BCUT2D eigenvalue weighted by Gasteiger charge is 2.29. The number of benzene rings is 1. The zero-order chi connectivity index (χ0) is 16.3. The van der Waals surface area contributed by atoms with Gasteiger partial charge < -0.3 is 15.3 Å². The Hall–Kier alpha value is -1.62. The first kappa shape index (κ1) is 16.7. The second-order valence-electron chi connectivity index (χ2n) is 7.00. The van der Waals surface area contributed by atoms with Gasteiger partial charge in [0.25, 0.3) is 0 Å². The molecule has 122 valence electrons. The smallest absolute Gasteiger partial charge is 0.317 e. The number of carbonyl (C=O) groups is 1. The van der Waals surface area contributed by atoms with E-state index in [4.69, 9.17) is 0 Å². The van der Waals surface area contributed by atoms with Gasteiger partial charge in [0.2, 0.25) is 0 Å². The summed E-state index contributed by atoms with van der Waals surface area (Å²) in [7, 11) is 0. The van der Waals surface area contributed by atoms with Gasteiger partial charge >= 0.3 is 6.03 Å². The summed E-state index contributed by atoms with van der Waals surface area (Å²) in [6, 6.07) is 5.92. The van der Waals surface area contributed by atoms with Crippen LogP contribution in [0.4, 0.5) is 9.18 Å². The Morgan fingerprint density at radius 2 is 1.82 bits per heavy atom. The number of hydrogen-bond donors (Lipinski definition) is 2. The van der Waals surface area contributed by atoms with Crippen molar-refractivity contribution in [3.8, 4) is 0 Å². The number of halogens is 1. The second kappa shape index (κ2) is 6.65. The van der Waals surface area contributed by atoms with Gasteiger partial charge in [0.15, 0.2) is 0 Å². The van der Waals surface area contributed by atoms with Crippen LogP contribution in [0.1, 0.15) is 45.3 Å². The maximum atomic E-state index is 12.9. The van der Waals surface area contributed by atoms with Crippen LogP contribution in [0.5, 0.6) is 0 Å². The van der Waals surface area contributed by atoms with E-state index in [1.54, 1.807) is 17.0 Å². The Bertz CT molecular complexity index is 502. The third kappa shape index (κ3) is 4.44. The number of aliphatic hydroxyl groups is 1. The average molecular weight is 308 g/mol. The van der Waals surface area contributed by atoms with Crippen molar-refractivity contribution in [1.29, 1.82) is 0 Å². The number of nitrogens with zero attached hydrogens (tertiary/aromatic N) is 1. The number of rotatable bonds is 2. The quantitative estimate of drug-likeness (QED) is 0.882. The molecular formula is C17H25FN2O2. The van der Waals surface area contributed by atoms with Crippen LogP contribution < -0.4 is 5.32 Å². The zero-order valence-corrected chi connectivity index (χ0v) is 13.5. The second-order valence-corrected chi connectivity index (χ2v) is 7.00. The lowest BCUT2D eigenvalue weighted by Crippen LogP contribution is -2.51. The Morgan fingerprint density at radius 1 is 1.27 bits per heavy atom. The summed E-state index contributed by atoms with van der Waals surface area (Å²) >= 11 is 0. The van der Waals surface area contributed by atoms with E-state index < -0.39 is 6.10 Å². The largest absolute Gasteiger partial charge is 0.388 e. The summed E-state index contributed by atoms with van der Waals surface area (Å²) in [5, 5.41) is 13.4. The number of piperidine rings is 1. The molecule has 1 fully saturated rings. The Labute approximate surface area is 131 Å². The molecule has 1 heterocycles. The van der Waals surface area contributed by atoms with Crippen LogP contribution in [0.3, 0.4) is 0 Å². The minimum absolute atomic E-state index is 0.0535. The highest BCUT2D eigenvalue weighted by Crippen LogP contribution is 2.30. The van der Waals surface area contributed by atoms with E-state index >= 15 is 0 Å². The summed E-state index contributed by atoms with van der Waals surface area (Å²) < 4.78 is 12.9. The van der Waals surface area contributed by atoms with Crippen LogP contribution in [0.2, 0.25) is 0 Å². The van der Waals surface area contributed by atoms with E-state index in [1.807, 2.05) is 20.8 Å². The minimum Gasteiger partial charge on any atom is -0.388 e. The number of carbonyl (C=O) groups excluding carboxylic acids is 1. The van der Waals surface area contributed by atoms with Gasteiger partial charge in [0.05, 0.1) is 6.10 Å². The highest BCUT2D eigenvalue weighted by atomic mass is 19.1. The van der Waals surface area contributed by atoms with E-state index in [-0.39, 0.29) is 23.3 Å². The molecule has 0 aliphatic carbocycles. The molecule has 1 atom stereocenters. The predicted octanol–water partition coefficient (Wildman–Crippen LogP) is 3.08. The molecular weight excluding hydrogens is 283 g/mol. The van der Waals surface area contributed by atoms with Crippen molar-refractivity contribution in [2.75, 3.05) is 13.1 Å². The lowest BCUT2D eigenvalue weighted by Gasteiger charge is -2.36. The lowest BCUT2D eigenvalue weighted by molar-refractivity contribution is 0.0656. The van der Waals surface area contributed by atoms with Gasteiger partial charge in [-0.3, -0.25) is 0 Å². The third-order valence-electron chi connectivity index (χ3n) is 3.97. The Balaban J connectivity index is 1.89. The van der Waals surface area contributed by atoms with Gasteiger partial charge in [-0.05, 0) is 57.2 Å². The maximum Gasteiger partial charge on any atom is 0.317 e. The number of hydrogen-bond acceptors (Lipinski definition) is 2. The van der Waals surface area contributed by atoms with Gasteiger partial charge in [0.1, 0.15) is 5.82 Å². The van der Waals surface area contributed by atoms with Crippen LogP contribution in [0.25, 0.3) is 0 Å². The SMILES string of the molecule is CC(C)(C)NC(=O)N1CCC(C(O)c2ccc(F)cc2)CC1. The van der Waals surface area contributed by atoms with E-state index in [0.29, 0.717) is 13.1 Å².